The van der Waals surface area contributed by atoms with Gasteiger partial charge in [-0.3, -0.25) is 0 Å². The van der Waals surface area contributed by atoms with Gasteiger partial charge in [0.15, 0.2) is 5.82 Å². The Morgan fingerprint density at radius 2 is 1.88 bits per heavy atom. The topological polar surface area (TPSA) is 52.0 Å². The van der Waals surface area contributed by atoms with Crippen molar-refractivity contribution >= 4 is 0 Å². The Bertz CT molecular complexity index is 808. The van der Waals surface area contributed by atoms with Crippen LogP contribution in [0.25, 0.3) is 17.1 Å². The Hall–Kier alpha value is -2.57. The number of halogens is 1. The van der Waals surface area contributed by atoms with Crippen LogP contribution >= 0.6 is 0 Å². The van der Waals surface area contributed by atoms with E-state index in [0.717, 1.165) is 36.5 Å². The van der Waals surface area contributed by atoms with Crippen molar-refractivity contribution in [3.05, 3.63) is 66.2 Å². The van der Waals surface area contributed by atoms with Crippen molar-refractivity contribution in [1.82, 2.24) is 20.1 Å². The normalized spacial score (nSPS) is 17.8. The van der Waals surface area contributed by atoms with E-state index in [9.17, 15) is 4.39 Å². The minimum atomic E-state index is -0.270. The van der Waals surface area contributed by atoms with Crippen LogP contribution in [0.15, 0.2) is 54.9 Å². The smallest absolute Gasteiger partial charge is 0.181 e. The molecule has 1 atom stereocenters. The van der Waals surface area contributed by atoms with Crippen LogP contribution < -0.4 is 5.32 Å². The highest BCUT2D eigenvalue weighted by Gasteiger charge is 2.15. The summed E-state index contributed by atoms with van der Waals surface area (Å²) in [6.45, 7) is 2.47. The first-order valence-corrected chi connectivity index (χ1v) is 7.90. The standard InChI is InChI=1S/C18H17FN4O/c19-15-5-1-14(2-6-15)18-21-12-23(22-18)16-7-3-13(4-8-16)17-11-20-9-10-24-17/h1-8,12,17,20H,9-11H2/t17-/m0/s1. The first-order chi connectivity index (χ1) is 11.8. The van der Waals surface area contributed by atoms with E-state index in [4.69, 9.17) is 4.74 Å². The van der Waals surface area contributed by atoms with Crippen LogP contribution in [0.1, 0.15) is 11.7 Å². The Morgan fingerprint density at radius 1 is 1.08 bits per heavy atom. The fourth-order valence-corrected chi connectivity index (χ4v) is 2.74. The van der Waals surface area contributed by atoms with E-state index in [1.165, 1.54) is 12.1 Å². The minimum absolute atomic E-state index is 0.0957. The number of benzene rings is 2. The van der Waals surface area contributed by atoms with Crippen molar-refractivity contribution in [3.8, 4) is 17.1 Å². The van der Waals surface area contributed by atoms with Crippen molar-refractivity contribution in [2.24, 2.45) is 0 Å². The molecule has 24 heavy (non-hydrogen) atoms. The SMILES string of the molecule is Fc1ccc(-c2ncn(-c3ccc([C@@H]4CNCCO4)cc3)n2)cc1. The van der Waals surface area contributed by atoms with Crippen molar-refractivity contribution in [3.63, 3.8) is 0 Å². The maximum absolute atomic E-state index is 13.0. The van der Waals surface area contributed by atoms with Gasteiger partial charge in [-0.15, -0.1) is 5.10 Å². The van der Waals surface area contributed by atoms with Gasteiger partial charge in [0, 0.05) is 18.7 Å². The molecule has 0 amide bonds. The summed E-state index contributed by atoms with van der Waals surface area (Å²) in [5, 5.41) is 7.79. The molecule has 1 fully saturated rings. The molecule has 1 aliphatic rings. The zero-order valence-electron chi connectivity index (χ0n) is 13.0. The maximum atomic E-state index is 13.0. The number of hydrogen-bond donors (Lipinski definition) is 1. The third-order valence-corrected chi connectivity index (χ3v) is 4.05. The first kappa shape index (κ1) is 15.0. The van der Waals surface area contributed by atoms with Crippen LogP contribution in [-0.4, -0.2) is 34.5 Å². The summed E-state index contributed by atoms with van der Waals surface area (Å²) in [6, 6.07) is 14.2. The van der Waals surface area contributed by atoms with Crippen molar-refractivity contribution in [2.75, 3.05) is 19.7 Å². The molecule has 0 spiro atoms. The summed E-state index contributed by atoms with van der Waals surface area (Å²) in [7, 11) is 0. The zero-order valence-corrected chi connectivity index (χ0v) is 13.0. The summed E-state index contributed by atoms with van der Waals surface area (Å²) in [5.41, 5.74) is 2.85. The van der Waals surface area contributed by atoms with E-state index in [1.54, 1.807) is 23.1 Å². The Labute approximate surface area is 139 Å². The number of rotatable bonds is 3. The molecule has 6 heteroatoms. The predicted octanol–water partition coefficient (Wildman–Crippen LogP) is 2.73. The fourth-order valence-electron chi connectivity index (χ4n) is 2.74. The fraction of sp³-hybridized carbons (Fsp3) is 0.222. The van der Waals surface area contributed by atoms with E-state index < -0.39 is 0 Å². The molecule has 0 aliphatic carbocycles. The monoisotopic (exact) mass is 324 g/mol. The zero-order chi connectivity index (χ0) is 16.4. The predicted molar refractivity (Wildman–Crippen MR) is 88.3 cm³/mol. The molecule has 0 radical (unpaired) electrons. The molecule has 2 aromatic carbocycles. The molecular weight excluding hydrogens is 307 g/mol. The first-order valence-electron chi connectivity index (χ1n) is 7.90. The molecule has 0 bridgehead atoms. The van der Waals surface area contributed by atoms with E-state index in [-0.39, 0.29) is 11.9 Å². The second-order valence-electron chi connectivity index (χ2n) is 5.67. The van der Waals surface area contributed by atoms with Crippen LogP contribution in [0.4, 0.5) is 4.39 Å². The Kier molecular flexibility index (Phi) is 4.06. The van der Waals surface area contributed by atoms with Crippen LogP contribution in [-0.2, 0) is 4.74 Å². The number of hydrogen-bond acceptors (Lipinski definition) is 4. The van der Waals surface area contributed by atoms with Gasteiger partial charge in [-0.05, 0) is 42.0 Å². The molecule has 0 saturated carbocycles. The lowest BCUT2D eigenvalue weighted by molar-refractivity contribution is 0.0277. The third kappa shape index (κ3) is 3.06. The highest BCUT2D eigenvalue weighted by atomic mass is 19.1. The maximum Gasteiger partial charge on any atom is 0.181 e. The molecule has 3 aromatic rings. The van der Waals surface area contributed by atoms with E-state index in [0.29, 0.717) is 5.82 Å². The molecule has 1 aromatic heterocycles. The van der Waals surface area contributed by atoms with Crippen molar-refractivity contribution in [1.29, 1.82) is 0 Å². The van der Waals surface area contributed by atoms with Gasteiger partial charge < -0.3 is 10.1 Å². The molecule has 4 rings (SSSR count). The highest BCUT2D eigenvalue weighted by Crippen LogP contribution is 2.21. The summed E-state index contributed by atoms with van der Waals surface area (Å²) < 4.78 is 20.5. The highest BCUT2D eigenvalue weighted by molar-refractivity contribution is 5.54. The van der Waals surface area contributed by atoms with E-state index in [2.05, 4.69) is 15.4 Å². The van der Waals surface area contributed by atoms with Gasteiger partial charge in [0.2, 0.25) is 0 Å². The summed E-state index contributed by atoms with van der Waals surface area (Å²) in [6.07, 6.45) is 1.75. The van der Waals surface area contributed by atoms with Crippen molar-refractivity contribution in [2.45, 2.75) is 6.10 Å². The average molecular weight is 324 g/mol. The quantitative estimate of drug-likeness (QED) is 0.805. The number of nitrogens with one attached hydrogen (secondary N) is 1. The van der Waals surface area contributed by atoms with Crippen LogP contribution in [0.5, 0.6) is 0 Å². The summed E-state index contributed by atoms with van der Waals surface area (Å²) in [5.74, 6) is 0.298. The molecule has 2 heterocycles. The molecule has 1 N–H and O–H groups in total. The molecule has 1 aliphatic heterocycles. The van der Waals surface area contributed by atoms with Gasteiger partial charge in [-0.25, -0.2) is 14.1 Å². The van der Waals surface area contributed by atoms with Crippen LogP contribution in [0.2, 0.25) is 0 Å². The largest absolute Gasteiger partial charge is 0.371 e. The average Bonchev–Trinajstić information content (AvgIpc) is 3.13. The van der Waals surface area contributed by atoms with Gasteiger partial charge in [-0.2, -0.15) is 0 Å². The Balaban J connectivity index is 1.54. The van der Waals surface area contributed by atoms with Crippen LogP contribution in [0, 0.1) is 5.82 Å². The van der Waals surface area contributed by atoms with E-state index in [1.807, 2.05) is 24.3 Å². The van der Waals surface area contributed by atoms with Gasteiger partial charge in [0.1, 0.15) is 12.1 Å². The molecule has 122 valence electrons. The lowest BCUT2D eigenvalue weighted by atomic mass is 10.1. The molecule has 1 saturated heterocycles. The van der Waals surface area contributed by atoms with Gasteiger partial charge in [-0.1, -0.05) is 12.1 Å². The summed E-state index contributed by atoms with van der Waals surface area (Å²) >= 11 is 0. The van der Waals surface area contributed by atoms with Crippen molar-refractivity contribution < 1.29 is 9.13 Å². The molecule has 0 unspecified atom stereocenters. The number of aromatic nitrogens is 3. The molecular formula is C18H17FN4O. The number of morpholine rings is 1. The van der Waals surface area contributed by atoms with Gasteiger partial charge in [0.05, 0.1) is 18.4 Å². The number of nitrogens with zero attached hydrogens (tertiary/aromatic N) is 3. The second kappa shape index (κ2) is 6.51. The van der Waals surface area contributed by atoms with Gasteiger partial charge >= 0.3 is 0 Å². The summed E-state index contributed by atoms with van der Waals surface area (Å²) in [4.78, 5) is 4.30. The van der Waals surface area contributed by atoms with E-state index >= 15 is 0 Å². The minimum Gasteiger partial charge on any atom is -0.371 e. The van der Waals surface area contributed by atoms with Crippen LogP contribution in [0.3, 0.4) is 0 Å². The molecule has 5 nitrogen and oxygen atoms in total. The van der Waals surface area contributed by atoms with Gasteiger partial charge in [0.25, 0.3) is 0 Å². The second-order valence-corrected chi connectivity index (χ2v) is 5.67. The lowest BCUT2D eigenvalue weighted by Gasteiger charge is -2.24. The Morgan fingerprint density at radius 3 is 2.58 bits per heavy atom. The lowest BCUT2D eigenvalue weighted by Crippen LogP contribution is -2.33. The third-order valence-electron chi connectivity index (χ3n) is 4.05. The number of ether oxygens (including phenoxy) is 1.